The summed E-state index contributed by atoms with van der Waals surface area (Å²) in [6, 6.07) is 102. The summed E-state index contributed by atoms with van der Waals surface area (Å²) in [6.45, 7) is 0. The van der Waals surface area contributed by atoms with Crippen molar-refractivity contribution in [2.24, 2.45) is 0 Å². The van der Waals surface area contributed by atoms with Crippen molar-refractivity contribution < 1.29 is 9.59 Å². The molecule has 0 unspecified atom stereocenters. The van der Waals surface area contributed by atoms with E-state index < -0.39 is 11.1 Å². The highest BCUT2D eigenvalue weighted by Crippen LogP contribution is 2.49. The average Bonchev–Trinajstić information content (AvgIpc) is 3.55. The Morgan fingerprint density at radius 2 is 0.487 bits per heavy atom. The zero-order valence-corrected chi connectivity index (χ0v) is 41.9. The van der Waals surface area contributed by atoms with Crippen LogP contribution in [0.4, 0.5) is 11.4 Å². The molecule has 4 heteroatoms. The molecule has 2 heterocycles. The van der Waals surface area contributed by atoms with E-state index in [0.717, 1.165) is 55.9 Å². The molecule has 2 aliphatic rings. The molecule has 0 fully saturated rings. The van der Waals surface area contributed by atoms with E-state index in [-0.39, 0.29) is 11.6 Å². The normalized spacial score (nSPS) is 14.4. The van der Waals surface area contributed by atoms with Crippen LogP contribution < -0.4 is 9.80 Å². The molecule has 2 aliphatic heterocycles. The lowest BCUT2D eigenvalue weighted by Gasteiger charge is -2.46. The predicted octanol–water partition coefficient (Wildman–Crippen LogP) is 16.6. The fraction of sp³-hybridized carbons (Fsp3) is 0.0278. The molecule has 10 aromatic carbocycles. The quantitative estimate of drug-likeness (QED) is 0.114. The molecule has 10 aromatic rings. The predicted molar refractivity (Wildman–Crippen MR) is 312 cm³/mol. The Balaban J connectivity index is 0.000000162. The van der Waals surface area contributed by atoms with Crippen LogP contribution in [0.25, 0.3) is 11.1 Å². The molecular formula is C72H54N2O2. The summed E-state index contributed by atoms with van der Waals surface area (Å²) < 4.78 is 0. The molecular weight excluding hydrogens is 925 g/mol. The Morgan fingerprint density at radius 1 is 0.263 bits per heavy atom. The highest BCUT2D eigenvalue weighted by molar-refractivity contribution is 6.20. The summed E-state index contributed by atoms with van der Waals surface area (Å²) in [5.41, 5.74) is 11.6. The third-order valence-electron chi connectivity index (χ3n) is 14.2. The van der Waals surface area contributed by atoms with Crippen LogP contribution in [0.3, 0.4) is 0 Å². The van der Waals surface area contributed by atoms with E-state index in [2.05, 4.69) is 168 Å². The molecule has 12 rings (SSSR count). The molecule has 0 amide bonds. The Hall–Kier alpha value is -9.90. The largest absolute Gasteiger partial charge is 0.329 e. The van der Waals surface area contributed by atoms with Gasteiger partial charge in [0, 0.05) is 46.0 Å². The Kier molecular flexibility index (Phi) is 14.0. The molecule has 0 radical (unpaired) electrons. The van der Waals surface area contributed by atoms with Gasteiger partial charge in [0.2, 0.25) is 0 Å². The number of nitrogens with zero attached hydrogens (tertiary/aromatic N) is 2. The van der Waals surface area contributed by atoms with Crippen molar-refractivity contribution in [1.29, 1.82) is 0 Å². The van der Waals surface area contributed by atoms with Gasteiger partial charge in [0.15, 0.2) is 11.6 Å². The fourth-order valence-electron chi connectivity index (χ4n) is 10.6. The number of carbonyl (C=O) groups is 2. The van der Waals surface area contributed by atoms with Gasteiger partial charge in [-0.15, -0.1) is 0 Å². The van der Waals surface area contributed by atoms with Crippen LogP contribution in [0.15, 0.2) is 339 Å². The van der Waals surface area contributed by atoms with Crippen LogP contribution in [0.1, 0.15) is 54.1 Å². The first-order valence-electron chi connectivity index (χ1n) is 25.7. The molecule has 364 valence electrons. The summed E-state index contributed by atoms with van der Waals surface area (Å²) in [6.07, 6.45) is 8.65. The summed E-state index contributed by atoms with van der Waals surface area (Å²) in [4.78, 5) is 32.7. The van der Waals surface area contributed by atoms with E-state index in [4.69, 9.17) is 0 Å². The molecule has 4 nitrogen and oxygen atoms in total. The zero-order valence-electron chi connectivity index (χ0n) is 41.9. The van der Waals surface area contributed by atoms with Gasteiger partial charge in [-0.05, 0) is 80.9 Å². The lowest BCUT2D eigenvalue weighted by Crippen LogP contribution is -2.45. The van der Waals surface area contributed by atoms with E-state index in [9.17, 15) is 9.59 Å². The number of allylic oxidation sites excluding steroid dienone is 4. The molecule has 0 spiro atoms. The van der Waals surface area contributed by atoms with Crippen molar-refractivity contribution in [2.75, 3.05) is 9.80 Å². The number of para-hydroxylation sites is 2. The zero-order chi connectivity index (χ0) is 51.6. The first kappa shape index (κ1) is 48.4. The standard InChI is InChI=1S/2C36H27NO/c2*38-35(29-18-8-2-9-19-29)34-27-37(32-24-14-5-15-25-32)36(30-20-10-3-11-21-30,31-22-12-4-13-23-31)26-33(34)28-16-6-1-7-17-28/h2*1-27H. The molecule has 0 saturated heterocycles. The van der Waals surface area contributed by atoms with Crippen molar-refractivity contribution in [2.45, 2.75) is 11.1 Å². The van der Waals surface area contributed by atoms with Crippen molar-refractivity contribution in [3.8, 4) is 0 Å². The van der Waals surface area contributed by atoms with Gasteiger partial charge < -0.3 is 9.80 Å². The average molecular weight is 979 g/mol. The smallest absolute Gasteiger partial charge is 0.195 e. The highest BCUT2D eigenvalue weighted by Gasteiger charge is 2.44. The summed E-state index contributed by atoms with van der Waals surface area (Å²) in [5.74, 6) is -0.00675. The highest BCUT2D eigenvalue weighted by atomic mass is 16.1. The number of carbonyl (C=O) groups excluding carboxylic acids is 2. The van der Waals surface area contributed by atoms with E-state index in [0.29, 0.717) is 22.3 Å². The second-order valence-corrected chi connectivity index (χ2v) is 18.7. The van der Waals surface area contributed by atoms with Gasteiger partial charge in [0.25, 0.3) is 0 Å². The third-order valence-corrected chi connectivity index (χ3v) is 14.2. The van der Waals surface area contributed by atoms with Gasteiger partial charge in [-0.25, -0.2) is 0 Å². The van der Waals surface area contributed by atoms with Crippen LogP contribution in [0.2, 0.25) is 0 Å². The summed E-state index contributed by atoms with van der Waals surface area (Å²) in [7, 11) is 0. The molecule has 0 aromatic heterocycles. The molecule has 0 atom stereocenters. The lowest BCUT2D eigenvalue weighted by atomic mass is 9.75. The Morgan fingerprint density at radius 3 is 0.750 bits per heavy atom. The molecule has 76 heavy (non-hydrogen) atoms. The first-order chi connectivity index (χ1) is 37.5. The van der Waals surface area contributed by atoms with Crippen molar-refractivity contribution in [3.63, 3.8) is 0 Å². The number of Topliss-reactive ketones (excluding diaryl/α,β-unsaturated/α-hetero) is 2. The molecule has 0 saturated carbocycles. The first-order valence-corrected chi connectivity index (χ1v) is 25.7. The van der Waals surface area contributed by atoms with Crippen molar-refractivity contribution in [3.05, 3.63) is 384 Å². The minimum Gasteiger partial charge on any atom is -0.329 e. The van der Waals surface area contributed by atoms with Crippen LogP contribution >= 0.6 is 0 Å². The third kappa shape index (κ3) is 9.48. The maximum Gasteiger partial charge on any atom is 0.195 e. The van der Waals surface area contributed by atoms with E-state index in [1.165, 1.54) is 0 Å². The monoisotopic (exact) mass is 978 g/mol. The van der Waals surface area contributed by atoms with Crippen molar-refractivity contribution in [1.82, 2.24) is 0 Å². The SMILES string of the molecule is O=C(C1=CN(c2ccccc2)C(c2ccccc2)(c2ccccc2)C=C1c1ccccc1)c1ccccc1.O=C(C1=CN(c2ccccc2)C(c2ccccc2)(c2ccccc2)C=C1c1ccccc1)c1ccccc1. The molecule has 0 bridgehead atoms. The Labute approximate surface area is 445 Å². The fourth-order valence-corrected chi connectivity index (χ4v) is 10.6. The molecule has 0 aliphatic carbocycles. The van der Waals surface area contributed by atoms with Crippen molar-refractivity contribution >= 4 is 34.1 Å². The van der Waals surface area contributed by atoms with Crippen LogP contribution in [-0.4, -0.2) is 11.6 Å². The maximum atomic E-state index is 14.1. The van der Waals surface area contributed by atoms with E-state index in [1.54, 1.807) is 0 Å². The lowest BCUT2D eigenvalue weighted by molar-refractivity contribution is 0.103. The van der Waals surface area contributed by atoms with Crippen LogP contribution in [-0.2, 0) is 11.1 Å². The molecule has 0 N–H and O–H groups in total. The van der Waals surface area contributed by atoms with Gasteiger partial charge in [-0.2, -0.15) is 0 Å². The number of ketones is 2. The van der Waals surface area contributed by atoms with Gasteiger partial charge in [-0.3, -0.25) is 9.59 Å². The number of rotatable bonds is 12. The Bertz CT molecular complexity index is 3350. The van der Waals surface area contributed by atoms with Gasteiger partial charge in [0.05, 0.1) is 0 Å². The second-order valence-electron chi connectivity index (χ2n) is 18.7. The van der Waals surface area contributed by atoms with Crippen LogP contribution in [0, 0.1) is 0 Å². The minimum absolute atomic E-state index is 0.00337. The summed E-state index contributed by atoms with van der Waals surface area (Å²) in [5, 5.41) is 0. The minimum atomic E-state index is -0.685. The topological polar surface area (TPSA) is 40.6 Å². The van der Waals surface area contributed by atoms with Gasteiger partial charge >= 0.3 is 0 Å². The maximum absolute atomic E-state index is 14.1. The number of hydrogen-bond donors (Lipinski definition) is 0. The van der Waals surface area contributed by atoms with Gasteiger partial charge in [0.1, 0.15) is 11.1 Å². The number of anilines is 2. The number of hydrogen-bond acceptors (Lipinski definition) is 4. The van der Waals surface area contributed by atoms with E-state index in [1.807, 2.05) is 170 Å². The van der Waals surface area contributed by atoms with E-state index >= 15 is 0 Å². The second kappa shape index (κ2) is 22.1. The number of benzene rings is 10. The van der Waals surface area contributed by atoms with Gasteiger partial charge in [-0.1, -0.05) is 279 Å². The summed E-state index contributed by atoms with van der Waals surface area (Å²) >= 11 is 0. The van der Waals surface area contributed by atoms with Crippen LogP contribution in [0.5, 0.6) is 0 Å².